The molecule has 0 amide bonds. The molecule has 0 atom stereocenters. The van der Waals surface area contributed by atoms with Crippen molar-refractivity contribution >= 4 is 61.2 Å². The van der Waals surface area contributed by atoms with E-state index in [1.807, 2.05) is 0 Å². The van der Waals surface area contributed by atoms with Crippen molar-refractivity contribution in [2.75, 3.05) is 0 Å². The summed E-state index contributed by atoms with van der Waals surface area (Å²) in [5.74, 6) is -72.0. The predicted molar refractivity (Wildman–Crippen MR) is 193 cm³/mol. The highest BCUT2D eigenvalue weighted by molar-refractivity contribution is 6.40. The van der Waals surface area contributed by atoms with Gasteiger partial charge in [0.1, 0.15) is 11.6 Å². The Hall–Kier alpha value is -7.61. The molecule has 0 saturated carbocycles. The third-order valence-corrected chi connectivity index (χ3v) is 11.3. The van der Waals surface area contributed by atoms with Crippen LogP contribution in [0.1, 0.15) is 11.1 Å². The van der Waals surface area contributed by atoms with Crippen molar-refractivity contribution in [3.05, 3.63) is 158 Å². The Balaban J connectivity index is 1.31. The number of hydrogen-bond donors (Lipinski definition) is 0. The first-order chi connectivity index (χ1) is 32.8. The molecular weight excluding hydrogens is 1010 g/mol. The smallest absolute Gasteiger partial charge is 0.486 e. The fourth-order valence-corrected chi connectivity index (χ4v) is 8.43. The molecule has 0 N–H and O–H groups in total. The van der Waals surface area contributed by atoms with E-state index in [9.17, 15) is 17.6 Å². The molecule has 10 rings (SSSR count). The summed E-state index contributed by atoms with van der Waals surface area (Å²) in [6, 6.07) is 2.49. The molecule has 70 heavy (non-hydrogen) atoms. The van der Waals surface area contributed by atoms with E-state index in [1.54, 1.807) is 0 Å². The predicted octanol–water partition coefficient (Wildman–Crippen LogP) is 14.5. The topological polar surface area (TPSA) is 27.7 Å². The first-order valence-corrected chi connectivity index (χ1v) is 18.5. The molecule has 3 nitrogen and oxygen atoms in total. The van der Waals surface area contributed by atoms with Crippen LogP contribution in [-0.2, 0) is 5.92 Å². The first kappa shape index (κ1) is 46.1. The van der Waals surface area contributed by atoms with Crippen molar-refractivity contribution in [2.24, 2.45) is 0 Å². The summed E-state index contributed by atoms with van der Waals surface area (Å²) in [5, 5.41) is -18.0. The van der Waals surface area contributed by atoms with Gasteiger partial charge >= 0.3 is 13.2 Å². The highest BCUT2D eigenvalue weighted by Crippen LogP contribution is 2.59. The van der Waals surface area contributed by atoms with Gasteiger partial charge in [0, 0.05) is 27.3 Å². The van der Waals surface area contributed by atoms with Gasteiger partial charge in [-0.2, -0.15) is 22.0 Å². The highest BCUT2D eigenvalue weighted by Gasteiger charge is 2.56. The maximum atomic E-state index is 16.3. The van der Waals surface area contributed by atoms with Crippen molar-refractivity contribution < 1.29 is 115 Å². The minimum Gasteiger partial charge on any atom is -0.486 e. The van der Waals surface area contributed by atoms with Gasteiger partial charge in [0.05, 0.1) is 43.4 Å². The van der Waals surface area contributed by atoms with E-state index in [-0.39, 0.29) is 0 Å². The largest absolute Gasteiger partial charge is 0.864 e. The standard InChI is InChI=1S/C43H4BF23O3/c45-7-3-1-2-5-4-6-9(20(46)8(5)7)21(47)34(60)38(64)40(6)68-44(70-42-19-13(23(49)35(61)39(42)65)12-18(43(19,66)67)31(57)36(62)33(59)22(12)48)69-41-17-11-10-14(24(50)25(51)16(11)29(55)37(41)63)27(53)32(58)28(54)15(10)26(52)30(17)56/h1-4H. The van der Waals surface area contributed by atoms with Gasteiger partial charge in [0.2, 0.25) is 17.5 Å². The fraction of sp³-hybridized carbons (Fsp3) is 0.0233. The lowest BCUT2D eigenvalue weighted by atomic mass is 9.90. The zero-order chi connectivity index (χ0) is 51.0. The molecule has 9 aromatic rings. The van der Waals surface area contributed by atoms with Crippen LogP contribution in [0.5, 0.6) is 17.2 Å². The van der Waals surface area contributed by atoms with Crippen molar-refractivity contribution in [2.45, 2.75) is 5.92 Å². The molecule has 0 fully saturated rings. The molecule has 0 spiro atoms. The van der Waals surface area contributed by atoms with E-state index in [0.717, 1.165) is 12.1 Å². The molecule has 358 valence electrons. The molecule has 0 aliphatic heterocycles. The van der Waals surface area contributed by atoms with Crippen LogP contribution in [0.2, 0.25) is 0 Å². The zero-order valence-electron chi connectivity index (χ0n) is 32.3. The molecule has 27 heteroatoms. The molecule has 0 radical (unpaired) electrons. The van der Waals surface area contributed by atoms with Crippen LogP contribution in [0.3, 0.4) is 0 Å². The Morgan fingerprint density at radius 2 is 0.700 bits per heavy atom. The van der Waals surface area contributed by atoms with E-state index < -0.39 is 229 Å². The van der Waals surface area contributed by atoms with Crippen LogP contribution in [0.25, 0.3) is 65.0 Å². The van der Waals surface area contributed by atoms with Gasteiger partial charge in [-0.1, -0.05) is 12.1 Å². The Morgan fingerprint density at radius 1 is 0.314 bits per heavy atom. The van der Waals surface area contributed by atoms with Gasteiger partial charge in [0.25, 0.3) is 0 Å². The quantitative estimate of drug-likeness (QED) is 0.0415. The van der Waals surface area contributed by atoms with Crippen LogP contribution >= 0.6 is 0 Å². The van der Waals surface area contributed by atoms with E-state index in [2.05, 4.69) is 0 Å². The maximum absolute atomic E-state index is 16.3. The number of fused-ring (bicyclic) bond motifs is 5. The van der Waals surface area contributed by atoms with Gasteiger partial charge in [-0.05, 0) is 17.5 Å². The Morgan fingerprint density at radius 3 is 1.29 bits per heavy atom. The molecular formula is C43H4BF23O3. The molecule has 0 unspecified atom stereocenters. The minimum absolute atomic E-state index is 0.329. The molecule has 1 aliphatic carbocycles. The summed E-state index contributed by atoms with van der Waals surface area (Å²) >= 11 is 0. The van der Waals surface area contributed by atoms with Gasteiger partial charge in [0.15, 0.2) is 110 Å². The lowest BCUT2D eigenvalue weighted by molar-refractivity contribution is 0.0401. The van der Waals surface area contributed by atoms with Crippen LogP contribution in [-0.4, -0.2) is 7.32 Å². The van der Waals surface area contributed by atoms with Gasteiger partial charge in [-0.15, -0.1) is 0 Å². The van der Waals surface area contributed by atoms with E-state index >= 15 is 83.4 Å². The average Bonchev–Trinajstić information content (AvgIpc) is 3.56. The second kappa shape index (κ2) is 14.9. The Kier molecular flexibility index (Phi) is 9.85. The molecule has 0 bridgehead atoms. The fourth-order valence-electron chi connectivity index (χ4n) is 8.43. The van der Waals surface area contributed by atoms with E-state index in [0.29, 0.717) is 12.1 Å². The second-order valence-electron chi connectivity index (χ2n) is 14.9. The number of halogens is 23. The number of hydrogen-bond acceptors (Lipinski definition) is 3. The molecule has 0 aromatic heterocycles. The van der Waals surface area contributed by atoms with Gasteiger partial charge < -0.3 is 14.0 Å². The number of rotatable bonds is 6. The van der Waals surface area contributed by atoms with Crippen molar-refractivity contribution in [1.82, 2.24) is 0 Å². The zero-order valence-corrected chi connectivity index (χ0v) is 32.3. The number of alkyl halides is 2. The average molecular weight is 1020 g/mol. The Labute approximate surface area is 367 Å². The third-order valence-electron chi connectivity index (χ3n) is 11.3. The van der Waals surface area contributed by atoms with Crippen LogP contribution in [0.4, 0.5) is 101 Å². The highest BCUT2D eigenvalue weighted by atomic mass is 19.3. The minimum atomic E-state index is -5.73. The normalized spacial score (nSPS) is 13.2. The molecule has 0 saturated heterocycles. The monoisotopic (exact) mass is 1020 g/mol. The SMILES string of the molecule is Fc1c(F)c(F)c2c(c1F)-c1c(F)c(F)c(F)c(OB(Oc3c(F)c(F)c(F)c4c(F)c5c(F)cccc5cc34)Oc3c(F)c(F)c4c(F)c(F)c5c(F)c(F)c(F)c6c(F)c(F)c3c4c56)c1C2(F)F. The first-order valence-electron chi connectivity index (χ1n) is 18.5. The third kappa shape index (κ3) is 5.64. The van der Waals surface area contributed by atoms with Crippen LogP contribution in [0.15, 0.2) is 24.3 Å². The van der Waals surface area contributed by atoms with Gasteiger partial charge in [-0.25, -0.2) is 79.0 Å². The van der Waals surface area contributed by atoms with Crippen LogP contribution in [0, 0.1) is 122 Å². The number of benzene rings is 9. The second-order valence-corrected chi connectivity index (χ2v) is 14.9. The summed E-state index contributed by atoms with van der Waals surface area (Å²) in [6.45, 7) is 0. The Bertz CT molecular complexity index is 3910. The maximum Gasteiger partial charge on any atom is 0.864 e. The van der Waals surface area contributed by atoms with E-state index in [4.69, 9.17) is 14.0 Å². The van der Waals surface area contributed by atoms with Crippen LogP contribution < -0.4 is 14.0 Å². The van der Waals surface area contributed by atoms with Crippen molar-refractivity contribution in [3.63, 3.8) is 0 Å². The van der Waals surface area contributed by atoms with Crippen molar-refractivity contribution in [3.8, 4) is 28.4 Å². The summed E-state index contributed by atoms with van der Waals surface area (Å²) in [6.07, 6.45) is 0. The lowest BCUT2D eigenvalue weighted by Gasteiger charge is -2.24. The lowest BCUT2D eigenvalue weighted by Crippen LogP contribution is -2.39. The van der Waals surface area contributed by atoms with Crippen molar-refractivity contribution in [1.29, 1.82) is 0 Å². The summed E-state index contributed by atoms with van der Waals surface area (Å²) in [7, 11) is -4.16. The summed E-state index contributed by atoms with van der Waals surface area (Å²) in [4.78, 5) is 0. The summed E-state index contributed by atoms with van der Waals surface area (Å²) < 4.78 is 370. The van der Waals surface area contributed by atoms with Gasteiger partial charge in [-0.3, -0.25) is 0 Å². The molecule has 1 aliphatic rings. The van der Waals surface area contributed by atoms with E-state index in [1.165, 1.54) is 0 Å². The molecule has 0 heterocycles. The summed E-state index contributed by atoms with van der Waals surface area (Å²) in [5.41, 5.74) is -10.4. The molecule has 9 aromatic carbocycles.